The van der Waals surface area contributed by atoms with E-state index in [1.54, 1.807) is 16.8 Å². The van der Waals surface area contributed by atoms with Gasteiger partial charge in [-0.3, -0.25) is 9.59 Å². The number of amides is 1. The first-order valence-corrected chi connectivity index (χ1v) is 7.12. The first-order chi connectivity index (χ1) is 9.88. The summed E-state index contributed by atoms with van der Waals surface area (Å²) in [5.41, 5.74) is 1.26. The predicted octanol–water partition coefficient (Wildman–Crippen LogP) is 3.18. The number of fused-ring (bicyclic) bond motifs is 1. The van der Waals surface area contributed by atoms with Crippen LogP contribution in [0.15, 0.2) is 29.0 Å². The van der Waals surface area contributed by atoms with Crippen LogP contribution in [0.1, 0.15) is 17.5 Å². The maximum atomic E-state index is 12.6. The standard InChI is InChI=1S/C14H12F3NO2S/c15-14(16,17)13(20)18-6-2-1-3-12(19)5-4-10-8-21-9-11(10)7-18/h1,3-5,8-9H,2,6-7H2/b3-1?,5-4-. The summed E-state index contributed by atoms with van der Waals surface area (Å²) in [5.74, 6) is -2.09. The molecule has 0 saturated heterocycles. The molecule has 3 nitrogen and oxygen atoms in total. The average Bonchev–Trinajstić information content (AvgIpc) is 2.83. The van der Waals surface area contributed by atoms with Gasteiger partial charge in [-0.15, -0.1) is 0 Å². The van der Waals surface area contributed by atoms with Crippen LogP contribution in [-0.4, -0.2) is 29.3 Å². The summed E-state index contributed by atoms with van der Waals surface area (Å²) in [4.78, 5) is 23.7. The molecule has 112 valence electrons. The molecule has 0 aliphatic carbocycles. The highest BCUT2D eigenvalue weighted by atomic mass is 32.1. The van der Waals surface area contributed by atoms with Crippen molar-refractivity contribution in [2.45, 2.75) is 19.1 Å². The van der Waals surface area contributed by atoms with Crippen LogP contribution < -0.4 is 0 Å². The van der Waals surface area contributed by atoms with E-state index in [2.05, 4.69) is 0 Å². The molecule has 1 aliphatic rings. The van der Waals surface area contributed by atoms with Crippen molar-refractivity contribution in [3.05, 3.63) is 40.1 Å². The molecule has 2 heterocycles. The number of alkyl halides is 3. The Bertz CT molecular complexity index is 602. The molecule has 1 aliphatic heterocycles. The number of rotatable bonds is 0. The molecule has 0 N–H and O–H groups in total. The fraction of sp³-hybridized carbons (Fsp3) is 0.286. The minimum absolute atomic E-state index is 0.0859. The third-order valence-corrected chi connectivity index (χ3v) is 3.75. The number of halogens is 3. The van der Waals surface area contributed by atoms with Crippen molar-refractivity contribution in [1.29, 1.82) is 0 Å². The van der Waals surface area contributed by atoms with E-state index in [0.29, 0.717) is 11.1 Å². The topological polar surface area (TPSA) is 37.4 Å². The van der Waals surface area contributed by atoms with E-state index in [-0.39, 0.29) is 25.3 Å². The lowest BCUT2D eigenvalue weighted by molar-refractivity contribution is -0.186. The van der Waals surface area contributed by atoms with Crippen LogP contribution in [0.3, 0.4) is 0 Å². The van der Waals surface area contributed by atoms with Gasteiger partial charge >= 0.3 is 12.1 Å². The molecule has 0 unspecified atom stereocenters. The summed E-state index contributed by atoms with van der Waals surface area (Å²) in [6.45, 7) is -0.207. The summed E-state index contributed by atoms with van der Waals surface area (Å²) in [6, 6.07) is 0. The maximum absolute atomic E-state index is 12.6. The van der Waals surface area contributed by atoms with Gasteiger partial charge in [-0.2, -0.15) is 24.5 Å². The van der Waals surface area contributed by atoms with Crippen molar-refractivity contribution in [3.8, 4) is 0 Å². The van der Waals surface area contributed by atoms with E-state index in [1.807, 2.05) is 0 Å². The lowest BCUT2D eigenvalue weighted by Crippen LogP contribution is -2.41. The number of carbonyl (C=O) groups excluding carboxylic acids is 2. The van der Waals surface area contributed by atoms with Gasteiger partial charge in [-0.25, -0.2) is 0 Å². The molecule has 21 heavy (non-hydrogen) atoms. The zero-order chi connectivity index (χ0) is 15.5. The Hall–Kier alpha value is -1.89. The molecule has 0 spiro atoms. The smallest absolute Gasteiger partial charge is 0.330 e. The van der Waals surface area contributed by atoms with Crippen LogP contribution in [0.4, 0.5) is 13.2 Å². The largest absolute Gasteiger partial charge is 0.471 e. The molecule has 0 fully saturated rings. The van der Waals surface area contributed by atoms with Gasteiger partial charge in [0.25, 0.3) is 0 Å². The number of hydrogen-bond acceptors (Lipinski definition) is 3. The summed E-state index contributed by atoms with van der Waals surface area (Å²) in [7, 11) is 0. The monoisotopic (exact) mass is 315 g/mol. The Labute approximate surface area is 123 Å². The van der Waals surface area contributed by atoms with Gasteiger partial charge in [0.15, 0.2) is 5.78 Å². The SMILES string of the molecule is O=C1C=CCCN(C(=O)C(F)(F)F)Cc2cscc2/C=C\1. The van der Waals surface area contributed by atoms with Gasteiger partial charge in [0, 0.05) is 13.1 Å². The van der Waals surface area contributed by atoms with Gasteiger partial charge in [-0.05, 0) is 46.5 Å². The summed E-state index contributed by atoms with van der Waals surface area (Å²) < 4.78 is 37.9. The van der Waals surface area contributed by atoms with Gasteiger partial charge in [0.2, 0.25) is 0 Å². The van der Waals surface area contributed by atoms with Crippen molar-refractivity contribution in [2.75, 3.05) is 6.54 Å². The fourth-order valence-corrected chi connectivity index (χ4v) is 2.72. The van der Waals surface area contributed by atoms with Gasteiger partial charge in [0.05, 0.1) is 0 Å². The third-order valence-electron chi connectivity index (χ3n) is 2.94. The number of ketones is 1. The Morgan fingerprint density at radius 3 is 2.67 bits per heavy atom. The van der Waals surface area contributed by atoms with Crippen molar-refractivity contribution in [3.63, 3.8) is 0 Å². The fourth-order valence-electron chi connectivity index (χ4n) is 1.90. The number of carbonyl (C=O) groups is 2. The quantitative estimate of drug-likeness (QED) is 0.737. The van der Waals surface area contributed by atoms with Gasteiger partial charge < -0.3 is 4.90 Å². The Kier molecular flexibility index (Phi) is 4.62. The zero-order valence-electron chi connectivity index (χ0n) is 10.9. The molecule has 7 heteroatoms. The first-order valence-electron chi connectivity index (χ1n) is 6.17. The average molecular weight is 315 g/mol. The van der Waals surface area contributed by atoms with Crippen LogP contribution in [-0.2, 0) is 16.1 Å². The Morgan fingerprint density at radius 2 is 1.95 bits per heavy atom. The zero-order valence-corrected chi connectivity index (χ0v) is 11.7. The lowest BCUT2D eigenvalue weighted by atomic mass is 10.1. The highest BCUT2D eigenvalue weighted by Gasteiger charge is 2.42. The second-order valence-corrected chi connectivity index (χ2v) is 5.25. The highest BCUT2D eigenvalue weighted by Crippen LogP contribution is 2.24. The van der Waals surface area contributed by atoms with Crippen molar-refractivity contribution in [2.24, 2.45) is 0 Å². The normalized spacial score (nSPS) is 18.0. The first kappa shape index (κ1) is 15.5. The van der Waals surface area contributed by atoms with Crippen molar-refractivity contribution in [1.82, 2.24) is 4.90 Å². The summed E-state index contributed by atoms with van der Waals surface area (Å²) >= 11 is 1.32. The van der Waals surface area contributed by atoms with E-state index < -0.39 is 12.1 Å². The van der Waals surface area contributed by atoms with E-state index in [4.69, 9.17) is 0 Å². The Balaban J connectivity index is 2.32. The molecule has 0 bridgehead atoms. The van der Waals surface area contributed by atoms with E-state index in [1.165, 1.54) is 29.6 Å². The van der Waals surface area contributed by atoms with E-state index >= 15 is 0 Å². The van der Waals surface area contributed by atoms with Crippen LogP contribution in [0.5, 0.6) is 0 Å². The van der Waals surface area contributed by atoms with Crippen molar-refractivity contribution < 1.29 is 22.8 Å². The molecule has 0 aromatic carbocycles. The molecule has 0 radical (unpaired) electrons. The van der Waals surface area contributed by atoms with E-state index in [9.17, 15) is 22.8 Å². The summed E-state index contributed by atoms with van der Waals surface area (Å²) in [6.07, 6.45) is 0.988. The molecule has 1 aromatic heterocycles. The predicted molar refractivity (Wildman–Crippen MR) is 73.6 cm³/mol. The minimum Gasteiger partial charge on any atom is -0.330 e. The minimum atomic E-state index is -4.90. The Morgan fingerprint density at radius 1 is 1.19 bits per heavy atom. The van der Waals surface area contributed by atoms with Crippen LogP contribution in [0.25, 0.3) is 6.08 Å². The lowest BCUT2D eigenvalue weighted by Gasteiger charge is -2.23. The van der Waals surface area contributed by atoms with Crippen LogP contribution in [0, 0.1) is 0 Å². The molecule has 1 amide bonds. The van der Waals surface area contributed by atoms with Gasteiger partial charge in [-0.1, -0.05) is 6.08 Å². The van der Waals surface area contributed by atoms with Crippen LogP contribution >= 0.6 is 11.3 Å². The molecule has 2 rings (SSSR count). The number of allylic oxidation sites excluding steroid dienone is 2. The maximum Gasteiger partial charge on any atom is 0.471 e. The third kappa shape index (κ3) is 4.04. The molecule has 0 saturated carbocycles. The number of nitrogens with zero attached hydrogens (tertiary/aromatic N) is 1. The van der Waals surface area contributed by atoms with Crippen LogP contribution in [0.2, 0.25) is 0 Å². The molecular formula is C14H12F3NO2S. The highest BCUT2D eigenvalue weighted by molar-refractivity contribution is 7.08. The number of thiophene rings is 1. The second kappa shape index (κ2) is 6.26. The second-order valence-electron chi connectivity index (χ2n) is 4.50. The molecule has 0 atom stereocenters. The number of hydrogen-bond donors (Lipinski definition) is 0. The van der Waals surface area contributed by atoms with Gasteiger partial charge in [0.1, 0.15) is 0 Å². The molecule has 1 aromatic rings. The van der Waals surface area contributed by atoms with E-state index in [0.717, 1.165) is 4.90 Å². The summed E-state index contributed by atoms with van der Waals surface area (Å²) in [5, 5.41) is 3.42. The van der Waals surface area contributed by atoms with Crippen molar-refractivity contribution >= 4 is 29.1 Å². The molecular weight excluding hydrogens is 303 g/mol.